The van der Waals surface area contributed by atoms with Gasteiger partial charge in [-0.2, -0.15) is 0 Å². The normalized spacial score (nSPS) is 15.2. The van der Waals surface area contributed by atoms with Gasteiger partial charge in [-0.3, -0.25) is 19.3 Å². The van der Waals surface area contributed by atoms with Crippen molar-refractivity contribution < 1.29 is 19.1 Å². The van der Waals surface area contributed by atoms with Crippen LogP contribution in [-0.4, -0.2) is 35.6 Å². The van der Waals surface area contributed by atoms with Gasteiger partial charge in [-0.15, -0.1) is 0 Å². The summed E-state index contributed by atoms with van der Waals surface area (Å²) in [6, 6.07) is 12.3. The molecular formula is C19H14Br2N2O4S. The third kappa shape index (κ3) is 4.84. The number of benzene rings is 2. The molecule has 144 valence electrons. The Kier molecular flexibility index (Phi) is 6.58. The molecule has 2 aromatic rings. The summed E-state index contributed by atoms with van der Waals surface area (Å²) in [5, 5.41) is 2.19. The summed E-state index contributed by atoms with van der Waals surface area (Å²) < 4.78 is 6.79. The van der Waals surface area contributed by atoms with Gasteiger partial charge in [0, 0.05) is 10.2 Å². The molecular weight excluding hydrogens is 512 g/mol. The Morgan fingerprint density at radius 3 is 2.54 bits per heavy atom. The molecule has 28 heavy (non-hydrogen) atoms. The quantitative estimate of drug-likeness (QED) is 0.562. The van der Waals surface area contributed by atoms with Crippen LogP contribution in [0.3, 0.4) is 0 Å². The second-order valence-electron chi connectivity index (χ2n) is 5.72. The first-order valence-corrected chi connectivity index (χ1v) is 10.4. The maximum absolute atomic E-state index is 12.6. The average molecular weight is 526 g/mol. The zero-order valence-corrected chi connectivity index (χ0v) is 18.6. The van der Waals surface area contributed by atoms with Crippen LogP contribution in [0.15, 0.2) is 56.3 Å². The van der Waals surface area contributed by atoms with Crippen LogP contribution in [0.1, 0.15) is 5.56 Å². The highest BCUT2D eigenvalue weighted by Gasteiger charge is 2.36. The van der Waals surface area contributed by atoms with Crippen molar-refractivity contribution in [3.05, 3.63) is 61.9 Å². The molecule has 1 aliphatic rings. The van der Waals surface area contributed by atoms with E-state index in [9.17, 15) is 14.4 Å². The molecule has 0 aromatic heterocycles. The third-order valence-electron chi connectivity index (χ3n) is 3.78. The number of amides is 3. The Hall–Kier alpha value is -2.10. The maximum Gasteiger partial charge on any atom is 0.294 e. The van der Waals surface area contributed by atoms with E-state index in [0.29, 0.717) is 11.4 Å². The summed E-state index contributed by atoms with van der Waals surface area (Å²) in [5.41, 5.74) is 1.32. The van der Waals surface area contributed by atoms with Crippen LogP contribution in [0.25, 0.3) is 6.08 Å². The van der Waals surface area contributed by atoms with Crippen LogP contribution >= 0.6 is 43.6 Å². The Bertz CT molecular complexity index is 976. The van der Waals surface area contributed by atoms with Gasteiger partial charge >= 0.3 is 0 Å². The molecule has 1 fully saturated rings. The molecule has 9 heteroatoms. The van der Waals surface area contributed by atoms with Gasteiger partial charge in [-0.25, -0.2) is 0 Å². The fourth-order valence-corrected chi connectivity index (χ4v) is 4.10. The molecule has 1 heterocycles. The number of methoxy groups -OCH3 is 1. The highest BCUT2D eigenvalue weighted by atomic mass is 79.9. The van der Waals surface area contributed by atoms with Crippen LogP contribution in [0.2, 0.25) is 0 Å². The van der Waals surface area contributed by atoms with Gasteiger partial charge in [0.25, 0.3) is 11.1 Å². The van der Waals surface area contributed by atoms with Crippen molar-refractivity contribution in [1.82, 2.24) is 4.90 Å². The van der Waals surface area contributed by atoms with Crippen LogP contribution in [0.4, 0.5) is 10.5 Å². The van der Waals surface area contributed by atoms with Crippen LogP contribution < -0.4 is 10.1 Å². The van der Waals surface area contributed by atoms with E-state index in [2.05, 4.69) is 37.2 Å². The lowest BCUT2D eigenvalue weighted by atomic mass is 10.2. The van der Waals surface area contributed by atoms with Crippen molar-refractivity contribution in [3.8, 4) is 5.75 Å². The number of hydrogen-bond donors (Lipinski definition) is 1. The molecule has 3 rings (SSSR count). The lowest BCUT2D eigenvalue weighted by Crippen LogP contribution is -2.36. The number of thioether (sulfide) groups is 1. The molecule has 0 bridgehead atoms. The number of ether oxygens (including phenoxy) is 1. The summed E-state index contributed by atoms with van der Waals surface area (Å²) in [4.78, 5) is 38.2. The van der Waals surface area contributed by atoms with E-state index >= 15 is 0 Å². The SMILES string of the molecule is COc1ccc(/C=C2/SC(=O)N(CC(=O)Nc3ccc(Br)cc3)C2=O)cc1Br. The smallest absolute Gasteiger partial charge is 0.294 e. The molecule has 0 aliphatic carbocycles. The minimum Gasteiger partial charge on any atom is -0.496 e. The van der Waals surface area contributed by atoms with Gasteiger partial charge < -0.3 is 10.1 Å². The number of rotatable bonds is 5. The molecule has 1 N–H and O–H groups in total. The first-order chi connectivity index (χ1) is 13.4. The molecule has 1 aliphatic heterocycles. The number of nitrogens with zero attached hydrogens (tertiary/aromatic N) is 1. The number of carbonyl (C=O) groups excluding carboxylic acids is 3. The maximum atomic E-state index is 12.6. The van der Waals surface area contributed by atoms with Crippen molar-refractivity contribution in [2.45, 2.75) is 0 Å². The monoisotopic (exact) mass is 524 g/mol. The molecule has 0 saturated carbocycles. The number of anilines is 1. The zero-order chi connectivity index (χ0) is 20.3. The Labute approximate surface area is 182 Å². The van der Waals surface area contributed by atoms with E-state index in [0.717, 1.165) is 31.2 Å². The summed E-state index contributed by atoms with van der Waals surface area (Å²) >= 11 is 7.51. The molecule has 1 saturated heterocycles. The predicted molar refractivity (Wildman–Crippen MR) is 116 cm³/mol. The summed E-state index contributed by atoms with van der Waals surface area (Å²) in [6.45, 7) is -0.343. The van der Waals surface area contributed by atoms with Crippen molar-refractivity contribution in [1.29, 1.82) is 0 Å². The highest BCUT2D eigenvalue weighted by Crippen LogP contribution is 2.33. The largest absolute Gasteiger partial charge is 0.496 e. The summed E-state index contributed by atoms with van der Waals surface area (Å²) in [7, 11) is 1.56. The van der Waals surface area contributed by atoms with Gasteiger partial charge in [0.15, 0.2) is 0 Å². The summed E-state index contributed by atoms with van der Waals surface area (Å²) in [5.74, 6) is -0.277. The zero-order valence-electron chi connectivity index (χ0n) is 14.6. The topological polar surface area (TPSA) is 75.7 Å². The second-order valence-corrected chi connectivity index (χ2v) is 8.48. The summed E-state index contributed by atoms with van der Waals surface area (Å²) in [6.07, 6.45) is 1.61. The molecule has 0 atom stereocenters. The standard InChI is InChI=1S/C19H14Br2N2O4S/c1-27-15-7-2-11(8-14(15)21)9-16-18(25)23(19(26)28-16)10-17(24)22-13-5-3-12(20)4-6-13/h2-9H,10H2,1H3,(H,22,24)/b16-9+. The predicted octanol–water partition coefficient (Wildman–Crippen LogP) is 4.90. The van der Waals surface area contributed by atoms with Gasteiger partial charge in [-0.05, 0) is 75.7 Å². The highest BCUT2D eigenvalue weighted by molar-refractivity contribution is 9.10. The van der Waals surface area contributed by atoms with E-state index in [1.807, 2.05) is 0 Å². The van der Waals surface area contributed by atoms with Crippen molar-refractivity contribution in [2.75, 3.05) is 19.0 Å². The molecule has 0 radical (unpaired) electrons. The van der Waals surface area contributed by atoms with E-state index in [-0.39, 0.29) is 11.4 Å². The van der Waals surface area contributed by atoms with Crippen molar-refractivity contribution in [3.63, 3.8) is 0 Å². The van der Waals surface area contributed by atoms with E-state index in [1.165, 1.54) is 0 Å². The van der Waals surface area contributed by atoms with Crippen LogP contribution in [0, 0.1) is 0 Å². The van der Waals surface area contributed by atoms with Crippen LogP contribution in [-0.2, 0) is 9.59 Å². The number of carbonyl (C=O) groups is 3. The fourth-order valence-electron chi connectivity index (χ4n) is 2.44. The van der Waals surface area contributed by atoms with E-state index in [4.69, 9.17) is 4.74 Å². The molecule has 6 nitrogen and oxygen atoms in total. The van der Waals surface area contributed by atoms with Gasteiger partial charge in [0.05, 0.1) is 16.5 Å². The fraction of sp³-hybridized carbons (Fsp3) is 0.105. The van der Waals surface area contributed by atoms with Crippen molar-refractivity contribution in [2.24, 2.45) is 0 Å². The lowest BCUT2D eigenvalue weighted by molar-refractivity contribution is -0.127. The first kappa shape index (κ1) is 20.6. The van der Waals surface area contributed by atoms with E-state index in [1.54, 1.807) is 55.7 Å². The minimum absolute atomic E-state index is 0.263. The average Bonchev–Trinajstić information content (AvgIpc) is 2.91. The van der Waals surface area contributed by atoms with Gasteiger partial charge in [0.1, 0.15) is 12.3 Å². The lowest BCUT2D eigenvalue weighted by Gasteiger charge is -2.12. The number of halogens is 2. The second kappa shape index (κ2) is 8.93. The molecule has 2 aromatic carbocycles. The van der Waals surface area contributed by atoms with Crippen LogP contribution in [0.5, 0.6) is 5.75 Å². The number of imide groups is 1. The Morgan fingerprint density at radius 1 is 1.18 bits per heavy atom. The van der Waals surface area contributed by atoms with E-state index < -0.39 is 17.1 Å². The van der Waals surface area contributed by atoms with Gasteiger partial charge in [0.2, 0.25) is 5.91 Å². The minimum atomic E-state index is -0.493. The molecule has 0 spiro atoms. The third-order valence-corrected chi connectivity index (χ3v) is 5.83. The Morgan fingerprint density at radius 2 is 1.89 bits per heavy atom. The van der Waals surface area contributed by atoms with Gasteiger partial charge in [-0.1, -0.05) is 22.0 Å². The van der Waals surface area contributed by atoms with Crippen molar-refractivity contribution >= 4 is 72.4 Å². The molecule has 3 amide bonds. The Balaban J connectivity index is 1.69. The first-order valence-electron chi connectivity index (χ1n) is 8.01. The molecule has 0 unspecified atom stereocenters. The number of hydrogen-bond acceptors (Lipinski definition) is 5. The number of nitrogens with one attached hydrogen (secondary N) is 1.